The van der Waals surface area contributed by atoms with E-state index in [0.29, 0.717) is 11.3 Å². The summed E-state index contributed by atoms with van der Waals surface area (Å²) in [7, 11) is 1.13. The first-order valence-corrected chi connectivity index (χ1v) is 10.4. The molecule has 1 aliphatic rings. The molecule has 2 rings (SSSR count). The van der Waals surface area contributed by atoms with E-state index in [1.165, 1.54) is 11.1 Å². The average molecular weight is 350 g/mol. The van der Waals surface area contributed by atoms with Crippen LogP contribution >= 0.6 is 0 Å². The van der Waals surface area contributed by atoms with Gasteiger partial charge in [0.2, 0.25) is 0 Å². The second-order valence-electron chi connectivity index (χ2n) is 6.47. The molecule has 0 amide bonds. The number of guanidine groups is 1. The monoisotopic (exact) mass is 349 g/mol. The molecule has 2 N–H and O–H groups in total. The number of hydrogen-bond donors (Lipinski definition) is 2. The van der Waals surface area contributed by atoms with Crippen LogP contribution in [0.25, 0.3) is 0 Å². The van der Waals surface area contributed by atoms with E-state index in [4.69, 9.17) is 0 Å². The third-order valence-electron chi connectivity index (χ3n) is 4.79. The molecule has 1 aromatic rings. The zero-order valence-electron chi connectivity index (χ0n) is 15.2. The Morgan fingerprint density at radius 2 is 2.12 bits per heavy atom. The normalized spacial score (nSPS) is 22.9. The molecule has 1 saturated carbocycles. The Hall–Kier alpha value is -1.36. The van der Waals surface area contributed by atoms with E-state index in [0.717, 1.165) is 50.4 Å². The van der Waals surface area contributed by atoms with Crippen LogP contribution in [0, 0.1) is 6.92 Å². The molecule has 0 radical (unpaired) electrons. The maximum absolute atomic E-state index is 12.1. The summed E-state index contributed by atoms with van der Waals surface area (Å²) in [5, 5.41) is 7.27. The first-order chi connectivity index (χ1) is 11.6. The van der Waals surface area contributed by atoms with Gasteiger partial charge in [0.1, 0.15) is 0 Å². The predicted octanol–water partition coefficient (Wildman–Crippen LogP) is 2.78. The number of nitrogens with zero attached hydrogens (tertiary/aromatic N) is 1. The van der Waals surface area contributed by atoms with Gasteiger partial charge in [-0.1, -0.05) is 37.6 Å². The molecule has 1 aromatic carbocycles. The second kappa shape index (κ2) is 9.82. The van der Waals surface area contributed by atoms with Gasteiger partial charge in [-0.15, -0.1) is 0 Å². The van der Waals surface area contributed by atoms with E-state index in [-0.39, 0.29) is 0 Å². The molecule has 0 saturated heterocycles. The van der Waals surface area contributed by atoms with Crippen molar-refractivity contribution in [3.8, 4) is 0 Å². The van der Waals surface area contributed by atoms with Gasteiger partial charge in [-0.05, 0) is 43.7 Å². The van der Waals surface area contributed by atoms with E-state index in [9.17, 15) is 4.21 Å². The number of aryl methyl sites for hydroxylation is 1. The number of aliphatic imine (C=N–C) groups is 1. The molecule has 0 aromatic heterocycles. The quantitative estimate of drug-likeness (QED) is 0.613. The highest BCUT2D eigenvalue weighted by Crippen LogP contribution is 2.22. The Morgan fingerprint density at radius 3 is 2.83 bits per heavy atom. The molecule has 4 nitrogen and oxygen atoms in total. The summed E-state index contributed by atoms with van der Waals surface area (Å²) in [6, 6.07) is 8.87. The molecule has 1 aliphatic carbocycles. The summed E-state index contributed by atoms with van der Waals surface area (Å²) in [4.78, 5) is 4.34. The van der Waals surface area contributed by atoms with Gasteiger partial charge < -0.3 is 10.6 Å². The third-order valence-corrected chi connectivity index (χ3v) is 6.54. The second-order valence-corrected chi connectivity index (χ2v) is 8.48. The minimum atomic E-state index is -0.684. The lowest BCUT2D eigenvalue weighted by Gasteiger charge is -2.30. The highest BCUT2D eigenvalue weighted by Gasteiger charge is 2.25. The SMILES string of the molecule is CCS(=O)C1CCCC(NC(=NC)NCCc2ccccc2C)C1. The first-order valence-electron chi connectivity index (χ1n) is 9.03. The Balaban J connectivity index is 1.80. The van der Waals surface area contributed by atoms with E-state index in [2.05, 4.69) is 46.8 Å². The molecule has 0 heterocycles. The van der Waals surface area contributed by atoms with Crippen molar-refractivity contribution in [1.82, 2.24) is 10.6 Å². The van der Waals surface area contributed by atoms with Crippen molar-refractivity contribution in [3.05, 3.63) is 35.4 Å². The number of hydrogen-bond acceptors (Lipinski definition) is 2. The fraction of sp³-hybridized carbons (Fsp3) is 0.632. The van der Waals surface area contributed by atoms with Gasteiger partial charge in [0.05, 0.1) is 0 Å². The molecule has 5 heteroatoms. The van der Waals surface area contributed by atoms with Crippen molar-refractivity contribution < 1.29 is 4.21 Å². The van der Waals surface area contributed by atoms with Crippen molar-refractivity contribution in [2.45, 2.75) is 57.2 Å². The summed E-state index contributed by atoms with van der Waals surface area (Å²) >= 11 is 0. The van der Waals surface area contributed by atoms with Crippen molar-refractivity contribution in [2.75, 3.05) is 19.3 Å². The number of nitrogens with one attached hydrogen (secondary N) is 2. The van der Waals surface area contributed by atoms with Crippen LogP contribution < -0.4 is 10.6 Å². The van der Waals surface area contributed by atoms with Crippen LogP contribution in [0.4, 0.5) is 0 Å². The van der Waals surface area contributed by atoms with Crippen LogP contribution in [0.2, 0.25) is 0 Å². The Bertz CT molecular complexity index is 573. The lowest BCUT2D eigenvalue weighted by atomic mass is 9.95. The minimum absolute atomic E-state index is 0.339. The van der Waals surface area contributed by atoms with Crippen molar-refractivity contribution in [2.24, 2.45) is 4.99 Å². The van der Waals surface area contributed by atoms with E-state index < -0.39 is 10.8 Å². The van der Waals surface area contributed by atoms with Crippen molar-refractivity contribution in [1.29, 1.82) is 0 Å². The van der Waals surface area contributed by atoms with Crippen LogP contribution in [0.5, 0.6) is 0 Å². The molecule has 3 unspecified atom stereocenters. The number of rotatable bonds is 6. The Labute approximate surface area is 149 Å². The van der Waals surface area contributed by atoms with Crippen molar-refractivity contribution in [3.63, 3.8) is 0 Å². The third kappa shape index (κ3) is 5.62. The van der Waals surface area contributed by atoms with Crippen LogP contribution in [0.3, 0.4) is 0 Å². The lowest BCUT2D eigenvalue weighted by Crippen LogP contribution is -2.47. The van der Waals surface area contributed by atoms with Gasteiger partial charge in [0, 0.05) is 41.4 Å². The molecule has 0 aliphatic heterocycles. The maximum Gasteiger partial charge on any atom is 0.191 e. The molecular formula is C19H31N3OS. The topological polar surface area (TPSA) is 53.5 Å². The van der Waals surface area contributed by atoms with Crippen LogP contribution in [0.1, 0.15) is 43.7 Å². The summed E-state index contributed by atoms with van der Waals surface area (Å²) in [6.45, 7) is 5.03. The van der Waals surface area contributed by atoms with Crippen LogP contribution in [-0.4, -0.2) is 40.8 Å². The summed E-state index contributed by atoms with van der Waals surface area (Å²) in [5.41, 5.74) is 2.70. The summed E-state index contributed by atoms with van der Waals surface area (Å²) in [6.07, 6.45) is 5.35. The van der Waals surface area contributed by atoms with Crippen LogP contribution in [-0.2, 0) is 17.2 Å². The molecule has 0 bridgehead atoms. The van der Waals surface area contributed by atoms with E-state index >= 15 is 0 Å². The van der Waals surface area contributed by atoms with Gasteiger partial charge >= 0.3 is 0 Å². The zero-order valence-corrected chi connectivity index (χ0v) is 16.0. The molecule has 24 heavy (non-hydrogen) atoms. The Morgan fingerprint density at radius 1 is 1.33 bits per heavy atom. The van der Waals surface area contributed by atoms with Gasteiger partial charge in [0.15, 0.2) is 5.96 Å². The molecule has 134 valence electrons. The van der Waals surface area contributed by atoms with E-state index in [1.54, 1.807) is 0 Å². The van der Waals surface area contributed by atoms with Gasteiger partial charge in [-0.3, -0.25) is 9.20 Å². The molecule has 3 atom stereocenters. The lowest BCUT2D eigenvalue weighted by molar-refractivity contribution is 0.413. The first kappa shape index (κ1) is 19.0. The molecule has 0 spiro atoms. The van der Waals surface area contributed by atoms with Gasteiger partial charge in [-0.2, -0.15) is 0 Å². The fourth-order valence-corrected chi connectivity index (χ4v) is 4.69. The standard InChI is InChI=1S/C19H31N3OS/c1-4-24(23)18-11-7-10-17(14-18)22-19(20-3)21-13-12-16-9-6-5-8-15(16)2/h5-6,8-9,17-18H,4,7,10-14H2,1-3H3,(H2,20,21,22). The highest BCUT2D eigenvalue weighted by atomic mass is 32.2. The maximum atomic E-state index is 12.1. The predicted molar refractivity (Wildman–Crippen MR) is 104 cm³/mol. The highest BCUT2D eigenvalue weighted by molar-refractivity contribution is 7.85. The van der Waals surface area contributed by atoms with E-state index in [1.807, 2.05) is 14.0 Å². The minimum Gasteiger partial charge on any atom is -0.356 e. The van der Waals surface area contributed by atoms with Crippen molar-refractivity contribution >= 4 is 16.8 Å². The largest absolute Gasteiger partial charge is 0.356 e. The molecule has 1 fully saturated rings. The average Bonchev–Trinajstić information content (AvgIpc) is 2.62. The summed E-state index contributed by atoms with van der Waals surface area (Å²) < 4.78 is 12.1. The molecular weight excluding hydrogens is 318 g/mol. The Kier molecular flexibility index (Phi) is 7.76. The van der Waals surface area contributed by atoms with Gasteiger partial charge in [-0.25, -0.2) is 0 Å². The van der Waals surface area contributed by atoms with Gasteiger partial charge in [0.25, 0.3) is 0 Å². The fourth-order valence-electron chi connectivity index (χ4n) is 3.34. The summed E-state index contributed by atoms with van der Waals surface area (Å²) in [5.74, 6) is 1.62. The number of benzene rings is 1. The zero-order chi connectivity index (χ0) is 17.4. The van der Waals surface area contributed by atoms with Crippen LogP contribution in [0.15, 0.2) is 29.3 Å². The smallest absolute Gasteiger partial charge is 0.191 e.